The van der Waals surface area contributed by atoms with E-state index in [4.69, 9.17) is 0 Å². The lowest BCUT2D eigenvalue weighted by atomic mass is 9.85. The highest BCUT2D eigenvalue weighted by molar-refractivity contribution is 5.86. The van der Waals surface area contributed by atoms with Crippen LogP contribution in [0.1, 0.15) is 44.1 Å². The first-order valence-corrected chi connectivity index (χ1v) is 7.34. The van der Waals surface area contributed by atoms with Crippen molar-refractivity contribution >= 4 is 5.91 Å². The lowest BCUT2D eigenvalue weighted by Gasteiger charge is -2.35. The number of hydrogen-bond donors (Lipinski definition) is 0. The van der Waals surface area contributed by atoms with Gasteiger partial charge < -0.3 is 4.90 Å². The SMILES string of the molecule is CC1CCCC(N(C)C(=O)C(C#N)c2ccccc2)C1. The fourth-order valence-electron chi connectivity index (χ4n) is 3.06. The maximum atomic E-state index is 12.6. The van der Waals surface area contributed by atoms with Crippen LogP contribution in [0.3, 0.4) is 0 Å². The second kappa shape index (κ2) is 6.56. The number of likely N-dealkylation sites (N-methyl/N-ethyl adjacent to an activating group) is 1. The minimum absolute atomic E-state index is 0.0715. The molecule has 1 aliphatic carbocycles. The molecule has 0 spiro atoms. The van der Waals surface area contributed by atoms with Gasteiger partial charge in [0.1, 0.15) is 5.92 Å². The molecule has 1 aromatic carbocycles. The van der Waals surface area contributed by atoms with Crippen LogP contribution < -0.4 is 0 Å². The van der Waals surface area contributed by atoms with Crippen molar-refractivity contribution in [3.63, 3.8) is 0 Å². The van der Waals surface area contributed by atoms with Crippen LogP contribution in [0, 0.1) is 17.2 Å². The molecule has 2 rings (SSSR count). The molecule has 20 heavy (non-hydrogen) atoms. The third-order valence-electron chi connectivity index (χ3n) is 4.31. The van der Waals surface area contributed by atoms with Crippen LogP contribution in [0.4, 0.5) is 0 Å². The van der Waals surface area contributed by atoms with E-state index < -0.39 is 5.92 Å². The Morgan fingerprint density at radius 2 is 2.05 bits per heavy atom. The third-order valence-corrected chi connectivity index (χ3v) is 4.31. The minimum atomic E-state index is -0.682. The second-order valence-corrected chi connectivity index (χ2v) is 5.85. The fraction of sp³-hybridized carbons (Fsp3) is 0.529. The smallest absolute Gasteiger partial charge is 0.244 e. The van der Waals surface area contributed by atoms with Crippen molar-refractivity contribution in [3.8, 4) is 6.07 Å². The minimum Gasteiger partial charge on any atom is -0.341 e. The maximum absolute atomic E-state index is 12.6. The van der Waals surface area contributed by atoms with E-state index in [-0.39, 0.29) is 11.9 Å². The van der Waals surface area contributed by atoms with E-state index in [1.807, 2.05) is 37.4 Å². The van der Waals surface area contributed by atoms with Crippen molar-refractivity contribution in [3.05, 3.63) is 35.9 Å². The summed E-state index contributed by atoms with van der Waals surface area (Å²) >= 11 is 0. The summed E-state index contributed by atoms with van der Waals surface area (Å²) in [7, 11) is 1.85. The molecular weight excluding hydrogens is 248 g/mol. The monoisotopic (exact) mass is 270 g/mol. The molecule has 3 heteroatoms. The highest BCUT2D eigenvalue weighted by atomic mass is 16.2. The molecular formula is C17H22N2O. The Morgan fingerprint density at radius 3 is 2.65 bits per heavy atom. The van der Waals surface area contributed by atoms with Gasteiger partial charge in [0, 0.05) is 13.1 Å². The molecule has 0 bridgehead atoms. The predicted octanol–water partition coefficient (Wildman–Crippen LogP) is 3.33. The molecule has 0 aliphatic heterocycles. The van der Waals surface area contributed by atoms with E-state index in [1.54, 1.807) is 4.90 Å². The van der Waals surface area contributed by atoms with Crippen molar-refractivity contribution in [1.29, 1.82) is 5.26 Å². The van der Waals surface area contributed by atoms with Crippen LogP contribution in [0.15, 0.2) is 30.3 Å². The predicted molar refractivity (Wildman–Crippen MR) is 79.0 cm³/mol. The van der Waals surface area contributed by atoms with Crippen LogP contribution in [0.5, 0.6) is 0 Å². The van der Waals surface area contributed by atoms with E-state index >= 15 is 0 Å². The average molecular weight is 270 g/mol. The Labute approximate surface area is 121 Å². The summed E-state index contributed by atoms with van der Waals surface area (Å²) in [5.41, 5.74) is 0.788. The van der Waals surface area contributed by atoms with Crippen molar-refractivity contribution in [2.75, 3.05) is 7.05 Å². The molecule has 3 nitrogen and oxygen atoms in total. The normalized spacial score (nSPS) is 23.6. The largest absolute Gasteiger partial charge is 0.341 e. The zero-order valence-corrected chi connectivity index (χ0v) is 12.2. The summed E-state index contributed by atoms with van der Waals surface area (Å²) in [6.07, 6.45) is 4.53. The number of nitriles is 1. The Morgan fingerprint density at radius 1 is 1.35 bits per heavy atom. The molecule has 0 N–H and O–H groups in total. The highest BCUT2D eigenvalue weighted by Gasteiger charge is 2.30. The first kappa shape index (κ1) is 14.6. The second-order valence-electron chi connectivity index (χ2n) is 5.85. The van der Waals surface area contributed by atoms with Crippen molar-refractivity contribution in [2.45, 2.75) is 44.6 Å². The fourth-order valence-corrected chi connectivity index (χ4v) is 3.06. The van der Waals surface area contributed by atoms with Crippen LogP contribution in [0.25, 0.3) is 0 Å². The topological polar surface area (TPSA) is 44.1 Å². The van der Waals surface area contributed by atoms with E-state index in [2.05, 4.69) is 13.0 Å². The standard InChI is InChI=1S/C17H22N2O/c1-13-7-6-10-15(11-13)19(2)17(20)16(12-18)14-8-4-3-5-9-14/h3-5,8-9,13,15-16H,6-7,10-11H2,1-2H3. The van der Waals surface area contributed by atoms with Gasteiger partial charge in [-0.1, -0.05) is 50.1 Å². The van der Waals surface area contributed by atoms with Gasteiger partial charge in [-0.05, 0) is 24.3 Å². The number of carbonyl (C=O) groups is 1. The van der Waals surface area contributed by atoms with Crippen LogP contribution in [-0.4, -0.2) is 23.9 Å². The van der Waals surface area contributed by atoms with E-state index in [1.165, 1.54) is 12.8 Å². The zero-order valence-electron chi connectivity index (χ0n) is 12.2. The number of amides is 1. The van der Waals surface area contributed by atoms with Crippen LogP contribution in [-0.2, 0) is 4.79 Å². The van der Waals surface area contributed by atoms with Gasteiger partial charge in [-0.15, -0.1) is 0 Å². The summed E-state index contributed by atoms with van der Waals surface area (Å²) in [5, 5.41) is 9.35. The Bertz CT molecular complexity index is 491. The van der Waals surface area contributed by atoms with E-state index in [9.17, 15) is 10.1 Å². The molecule has 1 aliphatic rings. The van der Waals surface area contributed by atoms with Crippen molar-refractivity contribution < 1.29 is 4.79 Å². The Balaban J connectivity index is 2.11. The quantitative estimate of drug-likeness (QED) is 0.845. The highest BCUT2D eigenvalue weighted by Crippen LogP contribution is 2.28. The van der Waals surface area contributed by atoms with Gasteiger partial charge in [-0.2, -0.15) is 5.26 Å². The van der Waals surface area contributed by atoms with Gasteiger partial charge in [0.05, 0.1) is 6.07 Å². The average Bonchev–Trinajstić information content (AvgIpc) is 2.48. The van der Waals surface area contributed by atoms with Crippen molar-refractivity contribution in [1.82, 2.24) is 4.90 Å². The molecule has 3 unspecified atom stereocenters. The number of hydrogen-bond acceptors (Lipinski definition) is 2. The molecule has 0 aromatic heterocycles. The van der Waals surface area contributed by atoms with Crippen LogP contribution >= 0.6 is 0 Å². The number of benzene rings is 1. The summed E-state index contributed by atoms with van der Waals surface area (Å²) < 4.78 is 0. The van der Waals surface area contributed by atoms with Gasteiger partial charge in [-0.3, -0.25) is 4.79 Å². The maximum Gasteiger partial charge on any atom is 0.244 e. The molecule has 106 valence electrons. The Kier molecular flexibility index (Phi) is 4.79. The molecule has 0 saturated heterocycles. The zero-order chi connectivity index (χ0) is 14.5. The summed E-state index contributed by atoms with van der Waals surface area (Å²) in [4.78, 5) is 14.4. The molecule has 1 saturated carbocycles. The summed E-state index contributed by atoms with van der Waals surface area (Å²) in [5.74, 6) is -0.0857. The first-order valence-electron chi connectivity index (χ1n) is 7.34. The van der Waals surface area contributed by atoms with Crippen molar-refractivity contribution in [2.24, 2.45) is 5.92 Å². The lowest BCUT2D eigenvalue weighted by Crippen LogP contribution is -2.42. The third kappa shape index (κ3) is 3.19. The molecule has 1 amide bonds. The molecule has 1 aromatic rings. The lowest BCUT2D eigenvalue weighted by molar-refractivity contribution is -0.133. The van der Waals surface area contributed by atoms with E-state index in [0.29, 0.717) is 5.92 Å². The first-order chi connectivity index (χ1) is 9.63. The van der Waals surface area contributed by atoms with Gasteiger partial charge in [-0.25, -0.2) is 0 Å². The number of carbonyl (C=O) groups excluding carboxylic acids is 1. The summed E-state index contributed by atoms with van der Waals surface area (Å²) in [6, 6.07) is 11.8. The number of rotatable bonds is 3. The van der Waals surface area contributed by atoms with Gasteiger partial charge in [0.25, 0.3) is 0 Å². The summed E-state index contributed by atoms with van der Waals surface area (Å²) in [6.45, 7) is 2.24. The van der Waals surface area contributed by atoms with Gasteiger partial charge in [0.15, 0.2) is 0 Å². The molecule has 0 heterocycles. The molecule has 1 fully saturated rings. The Hall–Kier alpha value is -1.82. The number of nitrogens with zero attached hydrogens (tertiary/aromatic N) is 2. The molecule has 0 radical (unpaired) electrons. The van der Waals surface area contributed by atoms with Gasteiger partial charge >= 0.3 is 0 Å². The van der Waals surface area contributed by atoms with Gasteiger partial charge in [0.2, 0.25) is 5.91 Å². The molecule has 3 atom stereocenters. The van der Waals surface area contributed by atoms with Crippen LogP contribution in [0.2, 0.25) is 0 Å². The van der Waals surface area contributed by atoms with E-state index in [0.717, 1.165) is 18.4 Å².